The van der Waals surface area contributed by atoms with Gasteiger partial charge in [-0.3, -0.25) is 4.79 Å². The average molecular weight is 196 g/mol. The molecule has 1 saturated carbocycles. The summed E-state index contributed by atoms with van der Waals surface area (Å²) >= 11 is 0. The number of primary amides is 1. The van der Waals surface area contributed by atoms with Crippen LogP contribution in [-0.4, -0.2) is 18.0 Å². The van der Waals surface area contributed by atoms with Gasteiger partial charge in [0.25, 0.3) is 0 Å². The second kappa shape index (κ2) is 3.89. The van der Waals surface area contributed by atoms with Gasteiger partial charge in [-0.15, -0.1) is 0 Å². The molecule has 1 spiro atoms. The molecule has 1 saturated heterocycles. The highest BCUT2D eigenvalue weighted by Gasteiger charge is 2.43. The summed E-state index contributed by atoms with van der Waals surface area (Å²) in [5, 5.41) is 3.62. The molecule has 0 radical (unpaired) electrons. The maximum Gasteiger partial charge on any atom is 0.217 e. The van der Waals surface area contributed by atoms with Crippen LogP contribution >= 0.6 is 0 Å². The molecular weight excluding hydrogens is 176 g/mol. The number of amides is 1. The lowest BCUT2D eigenvalue weighted by atomic mass is 9.73. The van der Waals surface area contributed by atoms with E-state index in [4.69, 9.17) is 5.73 Å². The van der Waals surface area contributed by atoms with Crippen molar-refractivity contribution in [1.29, 1.82) is 0 Å². The van der Waals surface area contributed by atoms with Crippen LogP contribution in [0.4, 0.5) is 0 Å². The molecule has 2 rings (SSSR count). The molecular formula is C11H20N2O. The van der Waals surface area contributed by atoms with Crippen LogP contribution in [0, 0.1) is 5.92 Å². The highest BCUT2D eigenvalue weighted by Crippen LogP contribution is 2.40. The first kappa shape index (κ1) is 9.97. The topological polar surface area (TPSA) is 55.1 Å². The summed E-state index contributed by atoms with van der Waals surface area (Å²) in [4.78, 5) is 11.0. The van der Waals surface area contributed by atoms with Crippen molar-refractivity contribution in [1.82, 2.24) is 5.32 Å². The Balaban J connectivity index is 2.03. The summed E-state index contributed by atoms with van der Waals surface area (Å²) in [6.45, 7) is 1.07. The first-order valence-electron chi connectivity index (χ1n) is 5.76. The molecule has 1 aliphatic heterocycles. The van der Waals surface area contributed by atoms with Gasteiger partial charge in [0.1, 0.15) is 0 Å². The molecule has 0 aromatic carbocycles. The Bertz CT molecular complexity index is 221. The van der Waals surface area contributed by atoms with Crippen LogP contribution in [-0.2, 0) is 4.79 Å². The highest BCUT2D eigenvalue weighted by molar-refractivity contribution is 5.74. The van der Waals surface area contributed by atoms with Crippen molar-refractivity contribution in [3.63, 3.8) is 0 Å². The van der Waals surface area contributed by atoms with Crippen molar-refractivity contribution < 1.29 is 4.79 Å². The Morgan fingerprint density at radius 1 is 1.36 bits per heavy atom. The van der Waals surface area contributed by atoms with Crippen LogP contribution in [0.1, 0.15) is 44.9 Å². The minimum atomic E-state index is -0.136. The molecule has 0 bridgehead atoms. The fraction of sp³-hybridized carbons (Fsp3) is 0.909. The summed E-state index contributed by atoms with van der Waals surface area (Å²) < 4.78 is 0. The molecule has 1 heterocycles. The third-order valence-electron chi connectivity index (χ3n) is 3.94. The zero-order valence-corrected chi connectivity index (χ0v) is 8.72. The van der Waals surface area contributed by atoms with E-state index in [0.717, 1.165) is 13.0 Å². The lowest BCUT2D eigenvalue weighted by Gasteiger charge is -2.38. The fourth-order valence-corrected chi connectivity index (χ4v) is 3.22. The van der Waals surface area contributed by atoms with Crippen molar-refractivity contribution in [3.05, 3.63) is 0 Å². The first-order chi connectivity index (χ1) is 6.73. The molecule has 80 valence electrons. The van der Waals surface area contributed by atoms with E-state index in [1.807, 2.05) is 0 Å². The number of hydrogen-bond acceptors (Lipinski definition) is 2. The SMILES string of the molecule is NC(=O)CC1CCNC12CCCCC2. The molecule has 1 atom stereocenters. The second-order valence-corrected chi connectivity index (χ2v) is 4.80. The smallest absolute Gasteiger partial charge is 0.217 e. The van der Waals surface area contributed by atoms with E-state index in [1.165, 1.54) is 32.1 Å². The molecule has 3 nitrogen and oxygen atoms in total. The number of carbonyl (C=O) groups excluding carboxylic acids is 1. The van der Waals surface area contributed by atoms with Crippen LogP contribution in [0.15, 0.2) is 0 Å². The molecule has 2 fully saturated rings. The summed E-state index contributed by atoms with van der Waals surface area (Å²) in [5.41, 5.74) is 5.57. The second-order valence-electron chi connectivity index (χ2n) is 4.80. The van der Waals surface area contributed by atoms with Gasteiger partial charge >= 0.3 is 0 Å². The van der Waals surface area contributed by atoms with Crippen LogP contribution < -0.4 is 11.1 Å². The molecule has 3 heteroatoms. The van der Waals surface area contributed by atoms with Crippen molar-refractivity contribution in [2.24, 2.45) is 11.7 Å². The normalized spacial score (nSPS) is 30.7. The van der Waals surface area contributed by atoms with E-state index in [-0.39, 0.29) is 11.4 Å². The zero-order valence-electron chi connectivity index (χ0n) is 8.72. The standard InChI is InChI=1S/C11H20N2O/c12-10(14)8-9-4-7-13-11(9)5-2-1-3-6-11/h9,13H,1-8H2,(H2,12,14). The van der Waals surface area contributed by atoms with Gasteiger partial charge in [-0.05, 0) is 31.7 Å². The summed E-state index contributed by atoms with van der Waals surface area (Å²) in [6.07, 6.45) is 8.16. The van der Waals surface area contributed by atoms with Gasteiger partial charge in [0, 0.05) is 12.0 Å². The molecule has 0 aromatic heterocycles. The number of carbonyl (C=O) groups is 1. The molecule has 1 aliphatic carbocycles. The maximum atomic E-state index is 11.0. The number of nitrogens with two attached hydrogens (primary N) is 1. The predicted octanol–water partition coefficient (Wildman–Crippen LogP) is 1.17. The van der Waals surface area contributed by atoms with E-state index in [9.17, 15) is 4.79 Å². The highest BCUT2D eigenvalue weighted by atomic mass is 16.1. The Hall–Kier alpha value is -0.570. The molecule has 1 amide bonds. The summed E-state index contributed by atoms with van der Waals surface area (Å²) in [5.74, 6) is 0.365. The van der Waals surface area contributed by atoms with E-state index in [0.29, 0.717) is 12.3 Å². The van der Waals surface area contributed by atoms with Gasteiger partial charge in [-0.25, -0.2) is 0 Å². The quantitative estimate of drug-likeness (QED) is 0.696. The molecule has 3 N–H and O–H groups in total. The van der Waals surface area contributed by atoms with Crippen molar-refractivity contribution in [2.45, 2.75) is 50.5 Å². The largest absolute Gasteiger partial charge is 0.370 e. The van der Waals surface area contributed by atoms with Crippen LogP contribution in [0.2, 0.25) is 0 Å². The maximum absolute atomic E-state index is 11.0. The predicted molar refractivity (Wildman–Crippen MR) is 55.7 cm³/mol. The van der Waals surface area contributed by atoms with E-state index < -0.39 is 0 Å². The molecule has 0 aromatic rings. The number of rotatable bonds is 2. The summed E-state index contributed by atoms with van der Waals surface area (Å²) in [7, 11) is 0. The van der Waals surface area contributed by atoms with Gasteiger partial charge in [0.15, 0.2) is 0 Å². The van der Waals surface area contributed by atoms with Crippen molar-refractivity contribution >= 4 is 5.91 Å². The van der Waals surface area contributed by atoms with Crippen LogP contribution in [0.5, 0.6) is 0 Å². The molecule has 2 aliphatic rings. The first-order valence-corrected chi connectivity index (χ1v) is 5.76. The van der Waals surface area contributed by atoms with E-state index >= 15 is 0 Å². The Morgan fingerprint density at radius 2 is 2.07 bits per heavy atom. The third-order valence-corrected chi connectivity index (χ3v) is 3.94. The number of nitrogens with one attached hydrogen (secondary N) is 1. The molecule has 14 heavy (non-hydrogen) atoms. The van der Waals surface area contributed by atoms with E-state index in [2.05, 4.69) is 5.32 Å². The van der Waals surface area contributed by atoms with Gasteiger partial charge in [0.2, 0.25) is 5.91 Å². The molecule has 1 unspecified atom stereocenters. The Labute approximate surface area is 85.4 Å². The number of hydrogen-bond donors (Lipinski definition) is 2. The van der Waals surface area contributed by atoms with Gasteiger partial charge in [0.05, 0.1) is 0 Å². The average Bonchev–Trinajstić information content (AvgIpc) is 2.50. The minimum Gasteiger partial charge on any atom is -0.370 e. The van der Waals surface area contributed by atoms with Crippen LogP contribution in [0.25, 0.3) is 0 Å². The van der Waals surface area contributed by atoms with Gasteiger partial charge < -0.3 is 11.1 Å². The van der Waals surface area contributed by atoms with Crippen molar-refractivity contribution in [3.8, 4) is 0 Å². The third kappa shape index (κ3) is 1.78. The fourth-order valence-electron chi connectivity index (χ4n) is 3.22. The lowest BCUT2D eigenvalue weighted by molar-refractivity contribution is -0.119. The van der Waals surface area contributed by atoms with Crippen LogP contribution in [0.3, 0.4) is 0 Å². The Kier molecular flexibility index (Phi) is 2.77. The van der Waals surface area contributed by atoms with Gasteiger partial charge in [-0.1, -0.05) is 19.3 Å². The monoisotopic (exact) mass is 196 g/mol. The van der Waals surface area contributed by atoms with E-state index in [1.54, 1.807) is 0 Å². The van der Waals surface area contributed by atoms with Gasteiger partial charge in [-0.2, -0.15) is 0 Å². The van der Waals surface area contributed by atoms with Crippen molar-refractivity contribution in [2.75, 3.05) is 6.54 Å². The Morgan fingerprint density at radius 3 is 2.71 bits per heavy atom. The lowest BCUT2D eigenvalue weighted by Crippen LogP contribution is -2.47. The zero-order chi connectivity index (χ0) is 10.0. The summed E-state index contributed by atoms with van der Waals surface area (Å²) in [6, 6.07) is 0. The minimum absolute atomic E-state index is 0.136.